The minimum atomic E-state index is -0.635. The van der Waals surface area contributed by atoms with Gasteiger partial charge in [-0.15, -0.1) is 0 Å². The fourth-order valence-electron chi connectivity index (χ4n) is 6.10. The molecule has 0 radical (unpaired) electrons. The maximum atomic E-state index is 15.1. The summed E-state index contributed by atoms with van der Waals surface area (Å²) in [5.41, 5.74) is 2.66. The van der Waals surface area contributed by atoms with Gasteiger partial charge in [-0.05, 0) is 104 Å². The molecule has 1 nitrogen and oxygen atoms in total. The predicted molar refractivity (Wildman–Crippen MR) is 132 cm³/mol. The number of hydrogen-bond donors (Lipinski definition) is 0. The minimum absolute atomic E-state index is 0.0324. The molecule has 2 aliphatic rings. The number of halogens is 3. The molecule has 0 atom stereocenters. The molecule has 0 heterocycles. The topological polar surface area (TPSA) is 9.23 Å². The van der Waals surface area contributed by atoms with E-state index in [0.717, 1.165) is 62.8 Å². The Hall–Kier alpha value is -1.81. The van der Waals surface area contributed by atoms with Crippen molar-refractivity contribution < 1.29 is 17.9 Å². The van der Waals surface area contributed by atoms with Crippen molar-refractivity contribution in [1.29, 1.82) is 0 Å². The van der Waals surface area contributed by atoms with Crippen LogP contribution in [0.1, 0.15) is 112 Å². The molecule has 0 amide bonds. The molecule has 0 aliphatic heterocycles. The Labute approximate surface area is 203 Å². The second-order valence-electron chi connectivity index (χ2n) is 10.4. The van der Waals surface area contributed by atoms with Gasteiger partial charge in [0.25, 0.3) is 0 Å². The lowest BCUT2D eigenvalue weighted by molar-refractivity contribution is 0.0130. The number of rotatable bonds is 8. The first-order valence-corrected chi connectivity index (χ1v) is 13.4. The van der Waals surface area contributed by atoms with E-state index in [1.807, 2.05) is 31.2 Å². The molecule has 4 rings (SSSR count). The number of ether oxygens (including phenoxy) is 1. The first-order valence-electron chi connectivity index (χ1n) is 13.4. The lowest BCUT2D eigenvalue weighted by atomic mass is 9.76. The van der Waals surface area contributed by atoms with Gasteiger partial charge in [0.1, 0.15) is 5.82 Å². The van der Waals surface area contributed by atoms with E-state index in [4.69, 9.17) is 4.74 Å². The highest BCUT2D eigenvalue weighted by Gasteiger charge is 2.29. The molecule has 4 heteroatoms. The largest absolute Gasteiger partial charge is 0.374 e. The molecule has 0 N–H and O–H groups in total. The van der Waals surface area contributed by atoms with Crippen molar-refractivity contribution in [1.82, 2.24) is 0 Å². The Morgan fingerprint density at radius 1 is 0.765 bits per heavy atom. The van der Waals surface area contributed by atoms with Crippen LogP contribution in [0.15, 0.2) is 30.3 Å². The zero-order chi connectivity index (χ0) is 24.1. The summed E-state index contributed by atoms with van der Waals surface area (Å²) in [5.74, 6) is -0.499. The van der Waals surface area contributed by atoms with Crippen LogP contribution < -0.4 is 0 Å². The van der Waals surface area contributed by atoms with E-state index >= 15 is 8.78 Å². The molecule has 2 fully saturated rings. The molecular weight excluding hydrogens is 433 g/mol. The average Bonchev–Trinajstić information content (AvgIpc) is 2.86. The Morgan fingerprint density at radius 2 is 1.35 bits per heavy atom. The number of hydrogen-bond acceptors (Lipinski definition) is 1. The molecule has 2 aromatic carbocycles. The van der Waals surface area contributed by atoms with E-state index < -0.39 is 11.6 Å². The molecule has 2 aliphatic carbocycles. The zero-order valence-corrected chi connectivity index (χ0v) is 20.7. The maximum absolute atomic E-state index is 15.1. The zero-order valence-electron chi connectivity index (χ0n) is 20.7. The molecule has 34 heavy (non-hydrogen) atoms. The third kappa shape index (κ3) is 5.87. The van der Waals surface area contributed by atoms with Crippen LogP contribution in [-0.4, -0.2) is 6.10 Å². The first-order chi connectivity index (χ1) is 16.5. The van der Waals surface area contributed by atoms with Crippen molar-refractivity contribution in [2.24, 2.45) is 5.92 Å². The summed E-state index contributed by atoms with van der Waals surface area (Å²) in [5, 5.41) is 0. The molecular formula is C30H39F3O. The van der Waals surface area contributed by atoms with E-state index in [0.29, 0.717) is 29.7 Å². The van der Waals surface area contributed by atoms with E-state index in [1.165, 1.54) is 12.8 Å². The lowest BCUT2D eigenvalue weighted by Crippen LogP contribution is -2.22. The second-order valence-corrected chi connectivity index (χ2v) is 10.4. The minimum Gasteiger partial charge on any atom is -0.374 e. The monoisotopic (exact) mass is 472 g/mol. The van der Waals surface area contributed by atoms with Gasteiger partial charge in [0.15, 0.2) is 11.6 Å². The van der Waals surface area contributed by atoms with Crippen molar-refractivity contribution in [2.75, 3.05) is 0 Å². The van der Waals surface area contributed by atoms with E-state index in [1.54, 1.807) is 6.07 Å². The van der Waals surface area contributed by atoms with Gasteiger partial charge in [-0.25, -0.2) is 13.2 Å². The Kier molecular flexibility index (Phi) is 8.74. The Balaban J connectivity index is 1.31. The van der Waals surface area contributed by atoms with Crippen molar-refractivity contribution in [3.8, 4) is 0 Å². The highest BCUT2D eigenvalue weighted by atomic mass is 19.2. The van der Waals surface area contributed by atoms with Crippen molar-refractivity contribution in [3.63, 3.8) is 0 Å². The summed E-state index contributed by atoms with van der Waals surface area (Å²) in [6.45, 7) is 4.54. The predicted octanol–water partition coefficient (Wildman–Crippen LogP) is 8.98. The molecule has 0 saturated heterocycles. The van der Waals surface area contributed by atoms with Crippen LogP contribution in [0.25, 0.3) is 0 Å². The van der Waals surface area contributed by atoms with Gasteiger partial charge < -0.3 is 4.74 Å². The van der Waals surface area contributed by atoms with Crippen molar-refractivity contribution in [2.45, 2.75) is 109 Å². The summed E-state index contributed by atoms with van der Waals surface area (Å²) < 4.78 is 50.2. The van der Waals surface area contributed by atoms with Gasteiger partial charge in [-0.3, -0.25) is 0 Å². The average molecular weight is 473 g/mol. The van der Waals surface area contributed by atoms with Gasteiger partial charge >= 0.3 is 0 Å². The van der Waals surface area contributed by atoms with Crippen LogP contribution in [0.5, 0.6) is 0 Å². The number of aryl methyl sites for hydroxylation is 1. The van der Waals surface area contributed by atoms with Crippen LogP contribution in [0, 0.1) is 23.4 Å². The smallest absolute Gasteiger partial charge is 0.162 e. The third-order valence-corrected chi connectivity index (χ3v) is 8.22. The summed E-state index contributed by atoms with van der Waals surface area (Å²) in [6, 6.07) is 9.00. The standard InChI is InChI=1S/C30H39F3O/c1-3-5-20-6-10-23(11-7-20)26-16-17-27(30(33)29(26)32)24-12-14-25(15-13-24)34-19-21-8-9-22(4-2)28(31)18-21/h8-9,16-18,20,23-25H,3-7,10-15,19H2,1-2H3. The fourth-order valence-corrected chi connectivity index (χ4v) is 6.10. The lowest BCUT2D eigenvalue weighted by Gasteiger charge is -2.31. The number of benzene rings is 2. The third-order valence-electron chi connectivity index (χ3n) is 8.22. The van der Waals surface area contributed by atoms with Gasteiger partial charge in [0.2, 0.25) is 0 Å². The van der Waals surface area contributed by atoms with Crippen LogP contribution >= 0.6 is 0 Å². The molecule has 2 aromatic rings. The van der Waals surface area contributed by atoms with Crippen molar-refractivity contribution in [3.05, 3.63) is 70.0 Å². The maximum Gasteiger partial charge on any atom is 0.162 e. The molecule has 0 aromatic heterocycles. The molecule has 186 valence electrons. The molecule has 0 unspecified atom stereocenters. The summed E-state index contributed by atoms with van der Waals surface area (Å²) in [7, 11) is 0. The van der Waals surface area contributed by atoms with Crippen LogP contribution in [0.2, 0.25) is 0 Å². The van der Waals surface area contributed by atoms with Gasteiger partial charge in [0.05, 0.1) is 12.7 Å². The van der Waals surface area contributed by atoms with Crippen LogP contribution in [-0.2, 0) is 17.8 Å². The highest BCUT2D eigenvalue weighted by Crippen LogP contribution is 2.41. The summed E-state index contributed by atoms with van der Waals surface area (Å²) in [4.78, 5) is 0. The normalized spacial score (nSPS) is 25.4. The van der Waals surface area contributed by atoms with E-state index in [9.17, 15) is 4.39 Å². The van der Waals surface area contributed by atoms with E-state index in [2.05, 4.69) is 6.92 Å². The Bertz CT molecular complexity index is 940. The summed E-state index contributed by atoms with van der Waals surface area (Å²) >= 11 is 0. The quantitative estimate of drug-likeness (QED) is 0.372. The SMILES string of the molecule is CCCC1CCC(c2ccc(C3CCC(OCc4ccc(CC)c(F)c4)CC3)c(F)c2F)CC1. The van der Waals surface area contributed by atoms with Gasteiger partial charge in [0, 0.05) is 0 Å². The van der Waals surface area contributed by atoms with Crippen LogP contribution in [0.4, 0.5) is 13.2 Å². The molecule has 0 bridgehead atoms. The molecule has 2 saturated carbocycles. The highest BCUT2D eigenvalue weighted by molar-refractivity contribution is 5.32. The second kappa shape index (κ2) is 11.7. The van der Waals surface area contributed by atoms with Gasteiger partial charge in [-0.2, -0.15) is 0 Å². The van der Waals surface area contributed by atoms with E-state index in [-0.39, 0.29) is 23.8 Å². The van der Waals surface area contributed by atoms with Crippen molar-refractivity contribution >= 4 is 0 Å². The fraction of sp³-hybridized carbons (Fsp3) is 0.600. The first kappa shape index (κ1) is 25.3. The summed E-state index contributed by atoms with van der Waals surface area (Å²) in [6.07, 6.45) is 10.6. The molecule has 0 spiro atoms. The van der Waals surface area contributed by atoms with Crippen LogP contribution in [0.3, 0.4) is 0 Å². The van der Waals surface area contributed by atoms with Gasteiger partial charge in [-0.1, -0.05) is 51.0 Å². The Morgan fingerprint density at radius 3 is 1.88 bits per heavy atom.